The molecule has 0 unspecified atom stereocenters. The third-order valence-corrected chi connectivity index (χ3v) is 2.50. The van der Waals surface area contributed by atoms with Gasteiger partial charge in [-0.3, -0.25) is 0 Å². The lowest BCUT2D eigenvalue weighted by Gasteiger charge is -2.03. The first-order valence-electron chi connectivity index (χ1n) is 5.13. The Bertz CT molecular complexity index is 516. The van der Waals surface area contributed by atoms with Crippen molar-refractivity contribution in [3.8, 4) is 0 Å². The molecule has 2 rings (SSSR count). The SMILES string of the molecule is C=C(Cl)CNCc1cnc2cc(C)ccn12. The summed E-state index contributed by atoms with van der Waals surface area (Å²) in [6.07, 6.45) is 3.91. The molecule has 1 N–H and O–H groups in total. The molecule has 4 heteroatoms. The summed E-state index contributed by atoms with van der Waals surface area (Å²) in [5, 5.41) is 3.82. The van der Waals surface area contributed by atoms with Crippen LogP contribution >= 0.6 is 11.6 Å². The van der Waals surface area contributed by atoms with Gasteiger partial charge in [0.2, 0.25) is 0 Å². The molecule has 0 spiro atoms. The Morgan fingerprint density at radius 2 is 2.44 bits per heavy atom. The highest BCUT2D eigenvalue weighted by Crippen LogP contribution is 2.08. The van der Waals surface area contributed by atoms with Gasteiger partial charge in [-0.05, 0) is 24.6 Å². The summed E-state index contributed by atoms with van der Waals surface area (Å²) in [6.45, 7) is 7.03. The number of fused-ring (bicyclic) bond motifs is 1. The number of nitrogens with one attached hydrogen (secondary N) is 1. The second-order valence-corrected chi connectivity index (χ2v) is 4.34. The predicted molar refractivity (Wildman–Crippen MR) is 66.6 cm³/mol. The monoisotopic (exact) mass is 235 g/mol. The fourth-order valence-electron chi connectivity index (χ4n) is 1.59. The Morgan fingerprint density at radius 3 is 3.19 bits per heavy atom. The average molecular weight is 236 g/mol. The van der Waals surface area contributed by atoms with Crippen molar-refractivity contribution in [3.63, 3.8) is 0 Å². The highest BCUT2D eigenvalue weighted by Gasteiger charge is 2.02. The summed E-state index contributed by atoms with van der Waals surface area (Å²) in [5.41, 5.74) is 3.31. The topological polar surface area (TPSA) is 29.3 Å². The zero-order valence-corrected chi connectivity index (χ0v) is 9.96. The number of imidazole rings is 1. The predicted octanol–water partition coefficient (Wildman–Crippen LogP) is 2.48. The van der Waals surface area contributed by atoms with E-state index in [1.807, 2.05) is 12.4 Å². The van der Waals surface area contributed by atoms with Crippen molar-refractivity contribution in [2.24, 2.45) is 0 Å². The minimum Gasteiger partial charge on any atom is -0.306 e. The third-order valence-electron chi connectivity index (χ3n) is 2.37. The van der Waals surface area contributed by atoms with Gasteiger partial charge in [0, 0.05) is 24.3 Å². The van der Waals surface area contributed by atoms with Gasteiger partial charge in [0.15, 0.2) is 0 Å². The van der Waals surface area contributed by atoms with Gasteiger partial charge in [0.25, 0.3) is 0 Å². The summed E-state index contributed by atoms with van der Waals surface area (Å²) < 4.78 is 2.07. The van der Waals surface area contributed by atoms with Crippen LogP contribution in [0.4, 0.5) is 0 Å². The molecule has 0 amide bonds. The van der Waals surface area contributed by atoms with Crippen LogP contribution in [0.25, 0.3) is 5.65 Å². The normalized spacial score (nSPS) is 10.9. The number of hydrogen-bond donors (Lipinski definition) is 1. The lowest BCUT2D eigenvalue weighted by Crippen LogP contribution is -2.15. The zero-order chi connectivity index (χ0) is 11.5. The molecule has 84 valence electrons. The van der Waals surface area contributed by atoms with Crippen LogP contribution in [-0.4, -0.2) is 15.9 Å². The largest absolute Gasteiger partial charge is 0.306 e. The van der Waals surface area contributed by atoms with E-state index in [-0.39, 0.29) is 0 Å². The molecule has 0 bridgehead atoms. The minimum atomic E-state index is 0.612. The summed E-state index contributed by atoms with van der Waals surface area (Å²) >= 11 is 5.68. The van der Waals surface area contributed by atoms with E-state index in [0.717, 1.165) is 17.9 Å². The van der Waals surface area contributed by atoms with Gasteiger partial charge >= 0.3 is 0 Å². The maximum Gasteiger partial charge on any atom is 0.137 e. The Kier molecular flexibility index (Phi) is 3.27. The molecule has 0 saturated carbocycles. The average Bonchev–Trinajstić information content (AvgIpc) is 2.60. The molecule has 0 aliphatic rings. The van der Waals surface area contributed by atoms with Crippen molar-refractivity contribution in [2.45, 2.75) is 13.5 Å². The molecule has 0 atom stereocenters. The first-order valence-corrected chi connectivity index (χ1v) is 5.51. The Labute approximate surface area is 99.8 Å². The van der Waals surface area contributed by atoms with Crippen molar-refractivity contribution in [1.82, 2.24) is 14.7 Å². The van der Waals surface area contributed by atoms with Gasteiger partial charge in [0.1, 0.15) is 5.65 Å². The first-order chi connectivity index (χ1) is 7.66. The lowest BCUT2D eigenvalue weighted by atomic mass is 10.3. The van der Waals surface area contributed by atoms with Crippen LogP contribution < -0.4 is 5.32 Å². The molecule has 2 heterocycles. The molecule has 0 aliphatic heterocycles. The van der Waals surface area contributed by atoms with Crippen molar-refractivity contribution >= 4 is 17.2 Å². The number of aromatic nitrogens is 2. The highest BCUT2D eigenvalue weighted by molar-refractivity contribution is 6.29. The molecule has 0 aromatic carbocycles. The molecule has 0 aliphatic carbocycles. The number of nitrogens with zero attached hydrogens (tertiary/aromatic N) is 2. The van der Waals surface area contributed by atoms with Gasteiger partial charge < -0.3 is 9.72 Å². The van der Waals surface area contributed by atoms with E-state index in [2.05, 4.69) is 40.3 Å². The molecule has 0 radical (unpaired) electrons. The molecule has 0 fully saturated rings. The van der Waals surface area contributed by atoms with Gasteiger partial charge in [-0.25, -0.2) is 4.98 Å². The van der Waals surface area contributed by atoms with Crippen molar-refractivity contribution in [2.75, 3.05) is 6.54 Å². The van der Waals surface area contributed by atoms with Crippen molar-refractivity contribution in [3.05, 3.63) is 47.4 Å². The highest BCUT2D eigenvalue weighted by atomic mass is 35.5. The maximum atomic E-state index is 5.68. The lowest BCUT2D eigenvalue weighted by molar-refractivity contribution is 0.730. The second kappa shape index (κ2) is 4.68. The standard InChI is InChI=1S/C12H14ClN3/c1-9-3-4-16-11(7-14-6-10(2)13)8-15-12(16)5-9/h3-5,8,14H,2,6-7H2,1H3. The molecule has 3 nitrogen and oxygen atoms in total. The Morgan fingerprint density at radius 1 is 1.62 bits per heavy atom. The molecular formula is C12H14ClN3. The number of halogens is 1. The third kappa shape index (κ3) is 2.43. The van der Waals surface area contributed by atoms with Crippen LogP contribution in [0.2, 0.25) is 0 Å². The number of hydrogen-bond acceptors (Lipinski definition) is 2. The minimum absolute atomic E-state index is 0.612. The molecular weight excluding hydrogens is 222 g/mol. The fourth-order valence-corrected chi connectivity index (χ4v) is 1.69. The smallest absolute Gasteiger partial charge is 0.137 e. The first kappa shape index (κ1) is 11.2. The number of aryl methyl sites for hydroxylation is 1. The zero-order valence-electron chi connectivity index (χ0n) is 9.20. The van der Waals surface area contributed by atoms with E-state index in [1.165, 1.54) is 5.56 Å². The number of pyridine rings is 1. The van der Waals surface area contributed by atoms with Gasteiger partial charge in [-0.1, -0.05) is 18.2 Å². The van der Waals surface area contributed by atoms with Crippen LogP contribution in [0, 0.1) is 6.92 Å². The van der Waals surface area contributed by atoms with Crippen LogP contribution in [0.15, 0.2) is 36.1 Å². The van der Waals surface area contributed by atoms with Crippen LogP contribution in [-0.2, 0) is 6.54 Å². The van der Waals surface area contributed by atoms with E-state index in [1.54, 1.807) is 0 Å². The van der Waals surface area contributed by atoms with Crippen molar-refractivity contribution in [1.29, 1.82) is 0 Å². The van der Waals surface area contributed by atoms with Gasteiger partial charge in [-0.15, -0.1) is 0 Å². The molecule has 16 heavy (non-hydrogen) atoms. The van der Waals surface area contributed by atoms with Gasteiger partial charge in [0.05, 0.1) is 11.9 Å². The number of rotatable bonds is 4. The van der Waals surface area contributed by atoms with E-state index in [4.69, 9.17) is 11.6 Å². The second-order valence-electron chi connectivity index (χ2n) is 3.80. The summed E-state index contributed by atoms with van der Waals surface area (Å²) in [5.74, 6) is 0. The summed E-state index contributed by atoms with van der Waals surface area (Å²) in [6, 6.07) is 4.13. The maximum absolute atomic E-state index is 5.68. The Hall–Kier alpha value is -1.32. The Balaban J connectivity index is 2.15. The quantitative estimate of drug-likeness (QED) is 0.882. The molecule has 0 saturated heterocycles. The van der Waals surface area contributed by atoms with E-state index < -0.39 is 0 Å². The van der Waals surface area contributed by atoms with E-state index in [0.29, 0.717) is 11.6 Å². The van der Waals surface area contributed by atoms with Crippen LogP contribution in [0.1, 0.15) is 11.3 Å². The van der Waals surface area contributed by atoms with Crippen LogP contribution in [0.5, 0.6) is 0 Å². The van der Waals surface area contributed by atoms with E-state index in [9.17, 15) is 0 Å². The molecule has 2 aromatic heterocycles. The molecule has 2 aromatic rings. The fraction of sp³-hybridized carbons (Fsp3) is 0.250. The van der Waals surface area contributed by atoms with Gasteiger partial charge in [-0.2, -0.15) is 0 Å². The summed E-state index contributed by atoms with van der Waals surface area (Å²) in [7, 11) is 0. The summed E-state index contributed by atoms with van der Waals surface area (Å²) in [4.78, 5) is 4.34. The van der Waals surface area contributed by atoms with Crippen LogP contribution in [0.3, 0.4) is 0 Å². The van der Waals surface area contributed by atoms with Crippen molar-refractivity contribution < 1.29 is 0 Å². The van der Waals surface area contributed by atoms with E-state index >= 15 is 0 Å².